The molecule has 2 aromatic heterocycles. The Morgan fingerprint density at radius 3 is 2.93 bits per heavy atom. The van der Waals surface area contributed by atoms with Gasteiger partial charge < -0.3 is 19.9 Å². The lowest BCUT2D eigenvalue weighted by atomic mass is 9.95. The Hall–Kier alpha value is -2.87. The third-order valence-corrected chi connectivity index (χ3v) is 6.49. The predicted octanol–water partition coefficient (Wildman–Crippen LogP) is 3.72. The molecule has 1 saturated heterocycles. The molecule has 1 fully saturated rings. The molecular formula is C22H25N3O4S. The molecule has 3 heterocycles. The highest BCUT2D eigenvalue weighted by molar-refractivity contribution is 7.21. The molecule has 4 rings (SSSR count). The number of nitrogens with two attached hydrogens (primary N) is 1. The van der Waals surface area contributed by atoms with Crippen molar-refractivity contribution in [3.05, 3.63) is 46.5 Å². The number of likely N-dealkylation sites (tertiary alicyclic amines) is 1. The van der Waals surface area contributed by atoms with E-state index in [1.165, 1.54) is 11.3 Å². The maximum atomic E-state index is 12.7. The molecular weight excluding hydrogens is 402 g/mol. The number of thiophene rings is 1. The van der Waals surface area contributed by atoms with Crippen molar-refractivity contribution in [2.75, 3.05) is 13.1 Å². The van der Waals surface area contributed by atoms with E-state index in [2.05, 4.69) is 5.16 Å². The largest absolute Gasteiger partial charge is 0.473 e. The lowest BCUT2D eigenvalue weighted by Gasteiger charge is -2.16. The van der Waals surface area contributed by atoms with Gasteiger partial charge in [0, 0.05) is 42.6 Å². The zero-order chi connectivity index (χ0) is 21.3. The summed E-state index contributed by atoms with van der Waals surface area (Å²) < 4.78 is 11.8. The molecule has 0 saturated carbocycles. The number of benzene rings is 1. The van der Waals surface area contributed by atoms with Crippen LogP contribution in [0.25, 0.3) is 10.1 Å². The van der Waals surface area contributed by atoms with E-state index in [1.54, 1.807) is 6.07 Å². The van der Waals surface area contributed by atoms with E-state index in [0.29, 0.717) is 42.4 Å². The molecule has 1 aliphatic heterocycles. The fourth-order valence-electron chi connectivity index (χ4n) is 3.97. The average Bonchev–Trinajstić information content (AvgIpc) is 3.43. The van der Waals surface area contributed by atoms with E-state index in [9.17, 15) is 9.59 Å². The number of rotatable bonds is 7. The molecule has 30 heavy (non-hydrogen) atoms. The summed E-state index contributed by atoms with van der Waals surface area (Å²) in [6.45, 7) is 5.10. The number of aromatic nitrogens is 1. The van der Waals surface area contributed by atoms with Crippen molar-refractivity contribution in [1.29, 1.82) is 0 Å². The van der Waals surface area contributed by atoms with Crippen LogP contribution >= 0.6 is 11.3 Å². The lowest BCUT2D eigenvalue weighted by molar-refractivity contribution is -0.130. The number of ether oxygens (including phenoxy) is 1. The third kappa shape index (κ3) is 4.18. The highest BCUT2D eigenvalue weighted by atomic mass is 32.1. The number of primary amides is 1. The van der Waals surface area contributed by atoms with Crippen LogP contribution < -0.4 is 10.5 Å². The molecule has 0 aliphatic carbocycles. The molecule has 158 valence electrons. The highest BCUT2D eigenvalue weighted by Crippen LogP contribution is 2.40. The number of hydrogen-bond donors (Lipinski definition) is 1. The minimum atomic E-state index is -0.402. The molecule has 1 aliphatic rings. The third-order valence-electron chi connectivity index (χ3n) is 5.29. The highest BCUT2D eigenvalue weighted by Gasteiger charge is 2.32. The molecule has 3 aromatic rings. The zero-order valence-corrected chi connectivity index (χ0v) is 17.9. The summed E-state index contributed by atoms with van der Waals surface area (Å²) in [6, 6.07) is 9.69. The van der Waals surface area contributed by atoms with E-state index in [4.69, 9.17) is 15.0 Å². The Bertz CT molecular complexity index is 1070. The van der Waals surface area contributed by atoms with Crippen LogP contribution in [-0.2, 0) is 11.2 Å². The van der Waals surface area contributed by atoms with E-state index in [0.717, 1.165) is 22.1 Å². The molecule has 7 nitrogen and oxygen atoms in total. The van der Waals surface area contributed by atoms with Gasteiger partial charge in [0.1, 0.15) is 5.76 Å². The number of hydrogen-bond acceptors (Lipinski definition) is 6. The van der Waals surface area contributed by atoms with Crippen LogP contribution in [0.4, 0.5) is 0 Å². The Morgan fingerprint density at radius 1 is 1.37 bits per heavy atom. The number of nitrogens with zero attached hydrogens (tertiary/aromatic N) is 2. The van der Waals surface area contributed by atoms with E-state index in [-0.39, 0.29) is 17.9 Å². The number of carbonyl (C=O) groups excluding carboxylic acids is 2. The number of aryl methyl sites for hydroxylation is 1. The van der Waals surface area contributed by atoms with Crippen LogP contribution in [0.2, 0.25) is 0 Å². The number of amides is 2. The quantitative estimate of drug-likeness (QED) is 0.619. The van der Waals surface area contributed by atoms with Crippen molar-refractivity contribution < 1.29 is 18.8 Å². The fourth-order valence-corrected chi connectivity index (χ4v) is 5.11. The van der Waals surface area contributed by atoms with Crippen molar-refractivity contribution in [1.82, 2.24) is 10.1 Å². The maximum absolute atomic E-state index is 12.7. The van der Waals surface area contributed by atoms with Crippen molar-refractivity contribution in [2.24, 2.45) is 5.73 Å². The summed E-state index contributed by atoms with van der Waals surface area (Å²) >= 11 is 1.43. The van der Waals surface area contributed by atoms with Gasteiger partial charge in [-0.05, 0) is 42.4 Å². The van der Waals surface area contributed by atoms with E-state index < -0.39 is 5.91 Å². The molecule has 8 heteroatoms. The smallest absolute Gasteiger partial charge is 0.259 e. The second kappa shape index (κ2) is 8.47. The molecule has 0 unspecified atom stereocenters. The fraction of sp³-hybridized carbons (Fsp3) is 0.409. The summed E-state index contributed by atoms with van der Waals surface area (Å²) in [5, 5.41) is 4.93. The van der Waals surface area contributed by atoms with Crippen LogP contribution in [0.5, 0.6) is 5.88 Å². The van der Waals surface area contributed by atoms with Gasteiger partial charge in [0.05, 0.1) is 11.0 Å². The second-order valence-electron chi connectivity index (χ2n) is 7.83. The van der Waals surface area contributed by atoms with Crippen LogP contribution in [0.15, 0.2) is 34.9 Å². The van der Waals surface area contributed by atoms with Crippen LogP contribution in [0, 0.1) is 0 Å². The summed E-state index contributed by atoms with van der Waals surface area (Å²) in [6.07, 6.45) is 1.66. The molecule has 0 bridgehead atoms. The maximum Gasteiger partial charge on any atom is 0.259 e. The lowest BCUT2D eigenvalue weighted by Crippen LogP contribution is -2.28. The standard InChI is InChI=1S/C22H25N3O4S/c1-13(2)28-18-11-15(29-24-18)7-8-19(26)25-10-9-14(12-25)20-16-5-3-4-6-17(16)30-21(20)22(23)27/h3-6,11,13-14H,7-10,12H2,1-2H3,(H2,23,27)/t14-/m1/s1. The van der Waals surface area contributed by atoms with Gasteiger partial charge in [0.15, 0.2) is 0 Å². The monoisotopic (exact) mass is 427 g/mol. The Morgan fingerprint density at radius 2 is 2.17 bits per heavy atom. The molecule has 0 radical (unpaired) electrons. The van der Waals surface area contributed by atoms with Crippen molar-refractivity contribution in [3.63, 3.8) is 0 Å². The van der Waals surface area contributed by atoms with Gasteiger partial charge in [-0.15, -0.1) is 11.3 Å². The molecule has 1 atom stereocenters. The summed E-state index contributed by atoms with van der Waals surface area (Å²) in [4.78, 5) is 27.2. The predicted molar refractivity (Wildman–Crippen MR) is 115 cm³/mol. The van der Waals surface area contributed by atoms with E-state index >= 15 is 0 Å². The first-order valence-corrected chi connectivity index (χ1v) is 10.9. The Balaban J connectivity index is 1.42. The van der Waals surface area contributed by atoms with Gasteiger partial charge in [0.25, 0.3) is 11.8 Å². The van der Waals surface area contributed by atoms with Crippen LogP contribution in [0.1, 0.15) is 53.6 Å². The SMILES string of the molecule is CC(C)Oc1cc(CCC(=O)N2CC[C@@H](c3c(C(N)=O)sc4ccccc34)C2)on1. The van der Waals surface area contributed by atoms with Crippen molar-refractivity contribution >= 4 is 33.2 Å². The minimum Gasteiger partial charge on any atom is -0.473 e. The van der Waals surface area contributed by atoms with Gasteiger partial charge in [-0.25, -0.2) is 0 Å². The molecule has 2 amide bonds. The summed E-state index contributed by atoms with van der Waals surface area (Å²) in [5.74, 6) is 0.858. The van der Waals surface area contributed by atoms with Gasteiger partial charge in [-0.1, -0.05) is 18.2 Å². The topological polar surface area (TPSA) is 98.7 Å². The summed E-state index contributed by atoms with van der Waals surface area (Å²) in [5.41, 5.74) is 6.64. The molecule has 0 spiro atoms. The number of fused-ring (bicyclic) bond motifs is 1. The minimum absolute atomic E-state index is 0.0181. The first-order valence-electron chi connectivity index (χ1n) is 10.1. The second-order valence-corrected chi connectivity index (χ2v) is 8.88. The Labute approximate surface area is 178 Å². The van der Waals surface area contributed by atoms with Crippen molar-refractivity contribution in [3.8, 4) is 5.88 Å². The van der Waals surface area contributed by atoms with Gasteiger partial charge in [0.2, 0.25) is 5.91 Å². The average molecular weight is 428 g/mol. The van der Waals surface area contributed by atoms with Gasteiger partial charge in [-0.3, -0.25) is 9.59 Å². The Kier molecular flexibility index (Phi) is 5.76. The first kappa shape index (κ1) is 20.4. The van der Waals surface area contributed by atoms with Crippen LogP contribution in [-0.4, -0.2) is 41.1 Å². The number of carbonyl (C=O) groups is 2. The zero-order valence-electron chi connectivity index (χ0n) is 17.1. The normalized spacial score (nSPS) is 16.5. The van der Waals surface area contributed by atoms with Gasteiger partial charge >= 0.3 is 0 Å². The van der Waals surface area contributed by atoms with Crippen molar-refractivity contribution in [2.45, 2.75) is 45.1 Å². The molecule has 2 N–H and O–H groups in total. The molecule has 1 aromatic carbocycles. The first-order chi connectivity index (χ1) is 14.4. The summed E-state index contributed by atoms with van der Waals surface area (Å²) in [7, 11) is 0. The van der Waals surface area contributed by atoms with Gasteiger partial charge in [-0.2, -0.15) is 0 Å². The van der Waals surface area contributed by atoms with E-state index in [1.807, 2.05) is 43.0 Å². The van der Waals surface area contributed by atoms with Crippen LogP contribution in [0.3, 0.4) is 0 Å².